The lowest BCUT2D eigenvalue weighted by Crippen LogP contribution is -2.19. The van der Waals surface area contributed by atoms with Crippen LogP contribution in [-0.4, -0.2) is 42.0 Å². The summed E-state index contributed by atoms with van der Waals surface area (Å²) in [5.74, 6) is 0.216. The van der Waals surface area contributed by atoms with Crippen LogP contribution in [0.1, 0.15) is 52.7 Å². The summed E-state index contributed by atoms with van der Waals surface area (Å²) in [5.41, 5.74) is 2.76. The van der Waals surface area contributed by atoms with Crippen LogP contribution in [0.2, 0.25) is 0 Å². The Kier molecular flexibility index (Phi) is 7.32. The zero-order valence-electron chi connectivity index (χ0n) is 18.2. The number of oxime groups is 2. The van der Waals surface area contributed by atoms with Crippen LogP contribution in [0.15, 0.2) is 57.7 Å². The van der Waals surface area contributed by atoms with E-state index in [1.807, 2.05) is 19.9 Å². The Morgan fingerprint density at radius 1 is 1.12 bits per heavy atom. The first-order valence-electron chi connectivity index (χ1n) is 9.74. The Morgan fingerprint density at radius 3 is 2.34 bits per heavy atom. The third-order valence-corrected chi connectivity index (χ3v) is 5.73. The number of allylic oxidation sites excluding steroid dienone is 3. The number of rotatable bonds is 7. The monoisotopic (exact) mass is 456 g/mol. The minimum atomic E-state index is -0.714. The Bertz CT molecular complexity index is 1110. The molecule has 2 N–H and O–H groups in total. The zero-order chi connectivity index (χ0) is 23.3. The van der Waals surface area contributed by atoms with E-state index in [9.17, 15) is 15.2 Å². The van der Waals surface area contributed by atoms with Crippen molar-refractivity contribution in [3.05, 3.63) is 68.9 Å². The highest BCUT2D eigenvalue weighted by atomic mass is 32.1. The molecule has 1 heterocycles. The van der Waals surface area contributed by atoms with E-state index in [4.69, 9.17) is 14.2 Å². The molecule has 0 radical (unpaired) electrons. The smallest absolute Gasteiger partial charge is 0.348 e. The second-order valence-corrected chi connectivity index (χ2v) is 8.09. The lowest BCUT2D eigenvalue weighted by molar-refractivity contribution is 0.0303. The molecular formula is C23H24N2O6S. The summed E-state index contributed by atoms with van der Waals surface area (Å²) < 4.78 is 17.1. The molecule has 0 bridgehead atoms. The fourth-order valence-corrected chi connectivity index (χ4v) is 4.04. The van der Waals surface area contributed by atoms with Gasteiger partial charge in [0.2, 0.25) is 0 Å². The minimum Gasteiger partial charge on any atom is -0.496 e. The molecule has 0 amide bonds. The molecule has 32 heavy (non-hydrogen) atoms. The molecular weight excluding hydrogens is 432 g/mol. The van der Waals surface area contributed by atoms with Gasteiger partial charge >= 0.3 is 5.97 Å². The first-order chi connectivity index (χ1) is 15.4. The number of hydrogen-bond acceptors (Lipinski definition) is 9. The van der Waals surface area contributed by atoms with Crippen LogP contribution >= 0.6 is 11.3 Å². The van der Waals surface area contributed by atoms with Crippen molar-refractivity contribution < 1.29 is 29.4 Å². The molecule has 0 spiro atoms. The van der Waals surface area contributed by atoms with Gasteiger partial charge in [-0.25, -0.2) is 4.79 Å². The Hall–Kier alpha value is -3.59. The van der Waals surface area contributed by atoms with Crippen LogP contribution in [0, 0.1) is 0 Å². The maximum Gasteiger partial charge on any atom is 0.348 e. The van der Waals surface area contributed by atoms with Crippen molar-refractivity contribution in [1.29, 1.82) is 0 Å². The van der Waals surface area contributed by atoms with E-state index in [1.54, 1.807) is 23.6 Å². The van der Waals surface area contributed by atoms with Gasteiger partial charge in [0, 0.05) is 12.0 Å². The third-order valence-electron chi connectivity index (χ3n) is 4.88. The number of ether oxygens (including phenoxy) is 3. The number of thiophene rings is 1. The average molecular weight is 457 g/mol. The van der Waals surface area contributed by atoms with Crippen molar-refractivity contribution >= 4 is 28.7 Å². The molecule has 0 fully saturated rings. The van der Waals surface area contributed by atoms with Crippen molar-refractivity contribution in [1.82, 2.24) is 0 Å². The van der Waals surface area contributed by atoms with Crippen molar-refractivity contribution in [2.45, 2.75) is 26.4 Å². The first kappa shape index (κ1) is 23.1. The molecule has 1 atom stereocenters. The highest BCUT2D eigenvalue weighted by Gasteiger charge is 2.32. The topological polar surface area (TPSA) is 110 Å². The molecule has 168 valence electrons. The van der Waals surface area contributed by atoms with Gasteiger partial charge in [0.1, 0.15) is 33.9 Å². The lowest BCUT2D eigenvalue weighted by atomic mass is 9.88. The van der Waals surface area contributed by atoms with E-state index in [0.717, 1.165) is 5.57 Å². The highest BCUT2D eigenvalue weighted by Crippen LogP contribution is 2.42. The van der Waals surface area contributed by atoms with E-state index in [0.29, 0.717) is 39.5 Å². The molecule has 3 rings (SSSR count). The molecule has 0 aliphatic heterocycles. The van der Waals surface area contributed by atoms with Crippen molar-refractivity contribution in [3.8, 4) is 11.5 Å². The van der Waals surface area contributed by atoms with Gasteiger partial charge in [-0.15, -0.1) is 11.3 Å². The second kappa shape index (κ2) is 10.1. The number of fused-ring (bicyclic) bond motifs is 1. The largest absolute Gasteiger partial charge is 0.496 e. The molecule has 1 aromatic carbocycles. The van der Waals surface area contributed by atoms with Crippen LogP contribution in [-0.2, 0) is 4.74 Å². The number of benzene rings is 1. The Labute approximate surface area is 189 Å². The second-order valence-electron chi connectivity index (χ2n) is 7.14. The summed E-state index contributed by atoms with van der Waals surface area (Å²) in [6.45, 7) is 3.91. The maximum atomic E-state index is 12.8. The molecule has 8 nitrogen and oxygen atoms in total. The van der Waals surface area contributed by atoms with Gasteiger partial charge in [-0.2, -0.15) is 0 Å². The van der Waals surface area contributed by atoms with Gasteiger partial charge in [0.25, 0.3) is 0 Å². The molecule has 0 unspecified atom stereocenters. The SMILES string of the molecule is COc1cc([C@H](CC=C(C)C)OC(=O)c2cccs2)c(OC)c2c1C(=NO)C=CC2=NO. The lowest BCUT2D eigenvalue weighted by Gasteiger charge is -2.25. The number of carbonyl (C=O) groups excluding carboxylic acids is 1. The van der Waals surface area contributed by atoms with E-state index in [-0.39, 0.29) is 11.4 Å². The predicted molar refractivity (Wildman–Crippen MR) is 122 cm³/mol. The van der Waals surface area contributed by atoms with Gasteiger partial charge in [0.15, 0.2) is 0 Å². The Morgan fingerprint density at radius 2 is 1.81 bits per heavy atom. The van der Waals surface area contributed by atoms with Crippen LogP contribution in [0.3, 0.4) is 0 Å². The van der Waals surface area contributed by atoms with Crippen molar-refractivity contribution in [2.24, 2.45) is 10.3 Å². The fraction of sp³-hybridized carbons (Fsp3) is 0.261. The number of nitrogens with zero attached hydrogens (tertiary/aromatic N) is 2. The normalized spacial score (nSPS) is 15.9. The average Bonchev–Trinajstić information content (AvgIpc) is 3.34. The summed E-state index contributed by atoms with van der Waals surface area (Å²) in [6.07, 6.45) is 4.62. The van der Waals surface area contributed by atoms with Crippen LogP contribution in [0.5, 0.6) is 11.5 Å². The molecule has 0 saturated heterocycles. The number of carbonyl (C=O) groups is 1. The quantitative estimate of drug-likeness (QED) is 0.264. The molecule has 2 aromatic rings. The van der Waals surface area contributed by atoms with Gasteiger partial charge in [-0.05, 0) is 43.5 Å². The zero-order valence-corrected chi connectivity index (χ0v) is 19.0. The van der Waals surface area contributed by atoms with E-state index >= 15 is 0 Å². The fourth-order valence-electron chi connectivity index (χ4n) is 3.43. The standard InChI is InChI=1S/C23H24N2O6S/c1-13(2)7-10-17(31-23(26)19-6-5-11-32-19)14-12-18(29-3)20-15(24-27)8-9-16(25-28)21(20)22(14)30-4/h5-9,11-12,17,27-28H,10H2,1-4H3/t17-/m0/s1. The molecule has 9 heteroatoms. The first-order valence-corrected chi connectivity index (χ1v) is 10.6. The van der Waals surface area contributed by atoms with E-state index in [2.05, 4.69) is 10.3 Å². The Balaban J connectivity index is 2.22. The third kappa shape index (κ3) is 4.52. The summed E-state index contributed by atoms with van der Waals surface area (Å²) in [7, 11) is 2.94. The summed E-state index contributed by atoms with van der Waals surface area (Å²) >= 11 is 1.29. The van der Waals surface area contributed by atoms with Gasteiger partial charge in [0.05, 0.1) is 25.3 Å². The predicted octanol–water partition coefficient (Wildman–Crippen LogP) is 4.95. The van der Waals surface area contributed by atoms with Crippen molar-refractivity contribution in [3.63, 3.8) is 0 Å². The number of hydrogen-bond donors (Lipinski definition) is 2. The van der Waals surface area contributed by atoms with Crippen LogP contribution in [0.25, 0.3) is 0 Å². The summed E-state index contributed by atoms with van der Waals surface area (Å²) in [5, 5.41) is 27.6. The number of esters is 1. The van der Waals surface area contributed by atoms with Crippen LogP contribution < -0.4 is 9.47 Å². The summed E-state index contributed by atoms with van der Waals surface area (Å²) in [6, 6.07) is 5.16. The molecule has 0 saturated carbocycles. The van der Waals surface area contributed by atoms with E-state index in [1.165, 1.54) is 37.7 Å². The van der Waals surface area contributed by atoms with Gasteiger partial charge in [-0.3, -0.25) is 0 Å². The van der Waals surface area contributed by atoms with Crippen molar-refractivity contribution in [2.75, 3.05) is 14.2 Å². The van der Waals surface area contributed by atoms with Gasteiger partial charge in [-0.1, -0.05) is 28.0 Å². The number of methoxy groups -OCH3 is 2. The molecule has 1 aromatic heterocycles. The molecule has 1 aliphatic carbocycles. The summed E-state index contributed by atoms with van der Waals surface area (Å²) in [4.78, 5) is 13.2. The highest BCUT2D eigenvalue weighted by molar-refractivity contribution is 7.11. The van der Waals surface area contributed by atoms with Gasteiger partial charge < -0.3 is 24.6 Å². The minimum absolute atomic E-state index is 0.190. The maximum absolute atomic E-state index is 12.8. The molecule has 1 aliphatic rings. The van der Waals surface area contributed by atoms with Crippen LogP contribution in [0.4, 0.5) is 0 Å². The van der Waals surface area contributed by atoms with E-state index < -0.39 is 12.1 Å².